The van der Waals surface area contributed by atoms with Gasteiger partial charge in [0.15, 0.2) is 0 Å². The smallest absolute Gasteiger partial charge is 0.241 e. The van der Waals surface area contributed by atoms with Crippen molar-refractivity contribution in [2.75, 3.05) is 0 Å². The zero-order chi connectivity index (χ0) is 34.6. The summed E-state index contributed by atoms with van der Waals surface area (Å²) in [6.45, 7) is -0.413. The van der Waals surface area contributed by atoms with Crippen molar-refractivity contribution in [2.45, 2.75) is 0 Å². The van der Waals surface area contributed by atoms with Crippen molar-refractivity contribution < 1.29 is 26.3 Å². The van der Waals surface area contributed by atoms with Gasteiger partial charge in [-0.25, -0.2) is 31.3 Å². The standard InChI is InChI=1S/2C18H12BF3.C2H3N3/c2*20-16-7-1-13(2-8-16)19(14-3-9-17(21)10-4-14)15-5-11-18(22)12-6-15;1-3-2-5-4-1/h2*1-12H;1-2H,(H,3,4,5). The van der Waals surface area contributed by atoms with E-state index >= 15 is 0 Å². The van der Waals surface area contributed by atoms with Gasteiger partial charge in [-0.3, -0.25) is 5.10 Å². The summed E-state index contributed by atoms with van der Waals surface area (Å²) < 4.78 is 79.0. The molecule has 0 aliphatic heterocycles. The molecule has 11 heteroatoms. The maximum Gasteiger partial charge on any atom is 0.241 e. The van der Waals surface area contributed by atoms with Crippen molar-refractivity contribution in [3.63, 3.8) is 0 Å². The quantitative estimate of drug-likeness (QED) is 0.201. The van der Waals surface area contributed by atoms with Crippen molar-refractivity contribution in [2.24, 2.45) is 0 Å². The second-order valence-corrected chi connectivity index (χ2v) is 10.8. The lowest BCUT2D eigenvalue weighted by atomic mass is 9.37. The van der Waals surface area contributed by atoms with E-state index in [2.05, 4.69) is 15.2 Å². The number of nitrogens with one attached hydrogen (secondary N) is 1. The molecule has 1 N–H and O–H groups in total. The second-order valence-electron chi connectivity index (χ2n) is 10.8. The van der Waals surface area contributed by atoms with Gasteiger partial charge >= 0.3 is 0 Å². The average molecular weight is 661 g/mol. The first-order chi connectivity index (χ1) is 23.8. The molecule has 0 bridgehead atoms. The van der Waals surface area contributed by atoms with Crippen molar-refractivity contribution in [3.05, 3.63) is 193 Å². The lowest BCUT2D eigenvalue weighted by molar-refractivity contribution is 0.627. The second kappa shape index (κ2) is 16.8. The van der Waals surface area contributed by atoms with Gasteiger partial charge in [0.05, 0.1) is 0 Å². The van der Waals surface area contributed by atoms with Crippen LogP contribution in [0, 0.1) is 34.9 Å². The number of halogens is 6. The van der Waals surface area contributed by atoms with Gasteiger partial charge in [-0.05, 0) is 72.8 Å². The topological polar surface area (TPSA) is 41.6 Å². The monoisotopic (exact) mass is 661 g/mol. The number of hydrogen-bond donors (Lipinski definition) is 1. The molecule has 0 unspecified atom stereocenters. The van der Waals surface area contributed by atoms with Gasteiger partial charge in [0.1, 0.15) is 47.6 Å². The number of nitrogens with zero attached hydrogens (tertiary/aromatic N) is 2. The Morgan fingerprint density at radius 3 is 0.653 bits per heavy atom. The third-order valence-electron chi connectivity index (χ3n) is 7.55. The molecule has 1 heterocycles. The highest BCUT2D eigenvalue weighted by Crippen LogP contribution is 2.03. The minimum absolute atomic E-state index is 0.207. The highest BCUT2D eigenvalue weighted by Gasteiger charge is 2.23. The summed E-state index contributed by atoms with van der Waals surface area (Å²) in [5.41, 5.74) is 5.16. The van der Waals surface area contributed by atoms with Crippen LogP contribution in [-0.2, 0) is 0 Å². The van der Waals surface area contributed by atoms with Crippen molar-refractivity contribution in [1.29, 1.82) is 0 Å². The maximum atomic E-state index is 13.2. The Morgan fingerprint density at radius 2 is 0.531 bits per heavy atom. The van der Waals surface area contributed by atoms with E-state index in [4.69, 9.17) is 0 Å². The summed E-state index contributed by atoms with van der Waals surface area (Å²) >= 11 is 0. The first-order valence-electron chi connectivity index (χ1n) is 15.1. The van der Waals surface area contributed by atoms with Crippen LogP contribution in [-0.4, -0.2) is 28.6 Å². The summed E-state index contributed by atoms with van der Waals surface area (Å²) in [5, 5.41) is 5.99. The van der Waals surface area contributed by atoms with E-state index in [0.29, 0.717) is 0 Å². The molecule has 3 nitrogen and oxygen atoms in total. The highest BCUT2D eigenvalue weighted by molar-refractivity contribution is 6.96. The number of aromatic amines is 1. The van der Waals surface area contributed by atoms with E-state index in [0.717, 1.165) is 32.8 Å². The number of H-pyrrole nitrogens is 1. The molecule has 0 spiro atoms. The van der Waals surface area contributed by atoms with Gasteiger partial charge in [0, 0.05) is 0 Å². The lowest BCUT2D eigenvalue weighted by Gasteiger charge is -2.15. The summed E-state index contributed by atoms with van der Waals surface area (Å²) in [7, 11) is 0. The molecule has 0 saturated heterocycles. The van der Waals surface area contributed by atoms with E-state index in [1.165, 1.54) is 85.5 Å². The Bertz CT molecular complexity index is 1620. The summed E-state index contributed by atoms with van der Waals surface area (Å²) in [6, 6.07) is 36.9. The van der Waals surface area contributed by atoms with Crippen LogP contribution in [0.1, 0.15) is 0 Å². The van der Waals surface area contributed by atoms with Crippen LogP contribution in [0.15, 0.2) is 158 Å². The Balaban J connectivity index is 0.000000167. The summed E-state index contributed by atoms with van der Waals surface area (Å²) in [5.74, 6) is -1.91. The van der Waals surface area contributed by atoms with Gasteiger partial charge in [-0.2, -0.15) is 5.10 Å². The fraction of sp³-hybridized carbons (Fsp3) is 0. The highest BCUT2D eigenvalue weighted by atomic mass is 19.1. The molecule has 7 aromatic rings. The van der Waals surface area contributed by atoms with Gasteiger partial charge < -0.3 is 0 Å². The van der Waals surface area contributed by atoms with Crippen LogP contribution in [0.3, 0.4) is 0 Å². The first kappa shape index (κ1) is 34.5. The fourth-order valence-electron chi connectivity index (χ4n) is 5.25. The molecule has 0 aliphatic rings. The Morgan fingerprint density at radius 1 is 0.327 bits per heavy atom. The molecular weight excluding hydrogens is 634 g/mol. The number of hydrogen-bond acceptors (Lipinski definition) is 2. The van der Waals surface area contributed by atoms with E-state index in [1.54, 1.807) is 72.8 Å². The Kier molecular flexibility index (Phi) is 11.9. The van der Waals surface area contributed by atoms with Gasteiger partial charge in [-0.15, -0.1) is 0 Å². The van der Waals surface area contributed by atoms with Crippen LogP contribution in [0.5, 0.6) is 0 Å². The fourth-order valence-corrected chi connectivity index (χ4v) is 5.25. The molecule has 0 radical (unpaired) electrons. The lowest BCUT2D eigenvalue weighted by Crippen LogP contribution is -2.51. The van der Waals surface area contributed by atoms with Gasteiger partial charge in [0.25, 0.3) is 0 Å². The third-order valence-corrected chi connectivity index (χ3v) is 7.55. The maximum absolute atomic E-state index is 13.2. The SMILES string of the molecule is Fc1ccc(B(c2ccc(F)cc2)c2ccc(F)cc2)cc1.Fc1ccc(B(c2ccc(F)cc2)c2ccc(F)cc2)cc1.c1nc[nH]n1. The normalized spacial score (nSPS) is 10.2. The van der Waals surface area contributed by atoms with Crippen LogP contribution in [0.4, 0.5) is 26.3 Å². The zero-order valence-corrected chi connectivity index (χ0v) is 25.8. The predicted octanol–water partition coefficient (Wildman–Crippen LogP) is 5.04. The molecule has 0 atom stereocenters. The Labute approximate surface area is 280 Å². The Hall–Kier alpha value is -5.83. The van der Waals surface area contributed by atoms with Crippen molar-refractivity contribution in [3.8, 4) is 0 Å². The molecule has 0 fully saturated rings. The molecule has 6 aromatic carbocycles. The zero-order valence-electron chi connectivity index (χ0n) is 25.8. The van der Waals surface area contributed by atoms with E-state index in [1.807, 2.05) is 0 Å². The van der Waals surface area contributed by atoms with Crippen LogP contribution < -0.4 is 32.8 Å². The average Bonchev–Trinajstić information content (AvgIpc) is 3.71. The van der Waals surface area contributed by atoms with Gasteiger partial charge in [0.2, 0.25) is 13.4 Å². The molecule has 0 saturated carbocycles. The van der Waals surface area contributed by atoms with Gasteiger partial charge in [-0.1, -0.05) is 106 Å². The van der Waals surface area contributed by atoms with E-state index in [9.17, 15) is 26.3 Å². The molecule has 1 aromatic heterocycles. The summed E-state index contributed by atoms with van der Waals surface area (Å²) in [4.78, 5) is 3.56. The third kappa shape index (κ3) is 9.84. The van der Waals surface area contributed by atoms with E-state index in [-0.39, 0.29) is 48.3 Å². The summed E-state index contributed by atoms with van der Waals surface area (Å²) in [6.07, 6.45) is 2.96. The van der Waals surface area contributed by atoms with Crippen LogP contribution in [0.2, 0.25) is 0 Å². The van der Waals surface area contributed by atoms with E-state index < -0.39 is 0 Å². The van der Waals surface area contributed by atoms with Crippen molar-refractivity contribution in [1.82, 2.24) is 15.2 Å². The minimum Gasteiger partial charge on any atom is -0.266 e. The predicted molar refractivity (Wildman–Crippen MR) is 184 cm³/mol. The van der Waals surface area contributed by atoms with Crippen LogP contribution in [0.25, 0.3) is 0 Å². The first-order valence-corrected chi connectivity index (χ1v) is 15.1. The minimum atomic E-state index is -0.319. The largest absolute Gasteiger partial charge is 0.266 e. The molecule has 0 amide bonds. The van der Waals surface area contributed by atoms with Crippen LogP contribution >= 0.6 is 0 Å². The molecule has 0 aliphatic carbocycles. The number of benzene rings is 6. The molecule has 242 valence electrons. The number of aromatic nitrogens is 3. The molecule has 7 rings (SSSR count). The number of rotatable bonds is 6. The molecular formula is C38H27B2F6N3. The van der Waals surface area contributed by atoms with Crippen molar-refractivity contribution >= 4 is 46.2 Å². The molecule has 49 heavy (non-hydrogen) atoms.